The zero-order valence-corrected chi connectivity index (χ0v) is 15.2. The first-order chi connectivity index (χ1) is 11.9. The van der Waals surface area contributed by atoms with Crippen LogP contribution in [-0.4, -0.2) is 48.9 Å². The molecule has 1 atom stereocenters. The first-order valence-electron chi connectivity index (χ1n) is 7.58. The van der Waals surface area contributed by atoms with Crippen LogP contribution < -0.4 is 9.47 Å². The van der Waals surface area contributed by atoms with Crippen molar-refractivity contribution >= 4 is 35.0 Å². The maximum absolute atomic E-state index is 12.5. The molecule has 1 heterocycles. The maximum Gasteiger partial charge on any atom is 0.328 e. The monoisotopic (exact) mass is 365 g/mol. The molecule has 1 aliphatic rings. The van der Waals surface area contributed by atoms with Crippen LogP contribution >= 0.6 is 11.8 Å². The van der Waals surface area contributed by atoms with E-state index in [4.69, 9.17) is 9.47 Å². The second kappa shape index (κ2) is 8.06. The molecule has 0 spiro atoms. The molecule has 0 saturated carbocycles. The number of thioether (sulfide) groups is 1. The van der Waals surface area contributed by atoms with Gasteiger partial charge in [0.05, 0.1) is 25.7 Å². The lowest BCUT2D eigenvalue weighted by Gasteiger charge is -2.18. The van der Waals surface area contributed by atoms with Crippen molar-refractivity contribution in [2.24, 2.45) is 0 Å². The van der Waals surface area contributed by atoms with Crippen LogP contribution in [0.2, 0.25) is 0 Å². The van der Waals surface area contributed by atoms with E-state index in [0.29, 0.717) is 23.7 Å². The van der Waals surface area contributed by atoms with Gasteiger partial charge in [0.25, 0.3) is 11.1 Å². The Morgan fingerprint density at radius 2 is 2.00 bits per heavy atom. The Morgan fingerprint density at radius 3 is 2.60 bits per heavy atom. The average Bonchev–Trinajstić information content (AvgIpc) is 2.87. The van der Waals surface area contributed by atoms with E-state index in [9.17, 15) is 14.4 Å². The zero-order chi connectivity index (χ0) is 18.6. The summed E-state index contributed by atoms with van der Waals surface area (Å²) in [6, 6.07) is 4.22. The van der Waals surface area contributed by atoms with Gasteiger partial charge in [-0.05, 0) is 49.4 Å². The molecule has 0 radical (unpaired) electrons. The molecule has 1 fully saturated rings. The third-order valence-corrected chi connectivity index (χ3v) is 4.42. The van der Waals surface area contributed by atoms with Crippen LogP contribution in [0.15, 0.2) is 23.1 Å². The minimum absolute atomic E-state index is 0.230. The van der Waals surface area contributed by atoms with E-state index in [1.807, 2.05) is 6.92 Å². The molecule has 25 heavy (non-hydrogen) atoms. The van der Waals surface area contributed by atoms with E-state index in [0.717, 1.165) is 16.7 Å². The first-order valence-corrected chi connectivity index (χ1v) is 8.40. The fourth-order valence-electron chi connectivity index (χ4n) is 2.29. The third-order valence-electron chi connectivity index (χ3n) is 3.54. The molecule has 1 aromatic rings. The molecule has 134 valence electrons. The highest BCUT2D eigenvalue weighted by Gasteiger charge is 2.41. The molecule has 1 unspecified atom stereocenters. The number of ether oxygens (including phenoxy) is 3. The Kier molecular flexibility index (Phi) is 6.08. The molecule has 0 aliphatic carbocycles. The summed E-state index contributed by atoms with van der Waals surface area (Å²) in [6.07, 6.45) is 1.58. The quantitative estimate of drug-likeness (QED) is 0.566. The second-order valence-corrected chi connectivity index (χ2v) is 6.09. The fourth-order valence-corrected chi connectivity index (χ4v) is 3.20. The van der Waals surface area contributed by atoms with Crippen LogP contribution in [0.1, 0.15) is 19.4 Å². The largest absolute Gasteiger partial charge is 0.493 e. The number of esters is 1. The molecule has 8 heteroatoms. The van der Waals surface area contributed by atoms with Crippen LogP contribution in [0.25, 0.3) is 6.08 Å². The Balaban J connectivity index is 2.30. The van der Waals surface area contributed by atoms with Crippen LogP contribution in [0.3, 0.4) is 0 Å². The topological polar surface area (TPSA) is 82.1 Å². The predicted octanol–water partition coefficient (Wildman–Crippen LogP) is 2.69. The molecule has 1 aliphatic heterocycles. The van der Waals surface area contributed by atoms with Gasteiger partial charge in [0, 0.05) is 0 Å². The summed E-state index contributed by atoms with van der Waals surface area (Å²) >= 11 is 0.781. The molecule has 2 rings (SSSR count). The summed E-state index contributed by atoms with van der Waals surface area (Å²) in [5.41, 5.74) is 0.681. The molecule has 0 aromatic heterocycles. The van der Waals surface area contributed by atoms with E-state index in [2.05, 4.69) is 4.74 Å². The van der Waals surface area contributed by atoms with E-state index in [1.54, 1.807) is 24.3 Å². The van der Waals surface area contributed by atoms with Crippen LogP contribution in [0.4, 0.5) is 4.79 Å². The predicted molar refractivity (Wildman–Crippen MR) is 93.5 cm³/mol. The van der Waals surface area contributed by atoms with Gasteiger partial charge in [-0.1, -0.05) is 6.07 Å². The number of amides is 2. The molecule has 2 amide bonds. The Labute approximate surface area is 149 Å². The van der Waals surface area contributed by atoms with Gasteiger partial charge in [0.1, 0.15) is 6.04 Å². The van der Waals surface area contributed by atoms with Gasteiger partial charge in [-0.3, -0.25) is 14.5 Å². The summed E-state index contributed by atoms with van der Waals surface area (Å²) in [5.74, 6) is -0.0550. The molecule has 1 aromatic carbocycles. The van der Waals surface area contributed by atoms with Gasteiger partial charge in [0.15, 0.2) is 11.5 Å². The fraction of sp³-hybridized carbons (Fsp3) is 0.353. The lowest BCUT2D eigenvalue weighted by Crippen LogP contribution is -2.42. The zero-order valence-electron chi connectivity index (χ0n) is 14.4. The van der Waals surface area contributed by atoms with E-state index >= 15 is 0 Å². The van der Waals surface area contributed by atoms with Crippen molar-refractivity contribution < 1.29 is 28.6 Å². The Bertz CT molecular complexity index is 730. The van der Waals surface area contributed by atoms with E-state index < -0.39 is 23.2 Å². The third kappa shape index (κ3) is 3.96. The summed E-state index contributed by atoms with van der Waals surface area (Å²) < 4.78 is 15.3. The van der Waals surface area contributed by atoms with Gasteiger partial charge >= 0.3 is 5.97 Å². The van der Waals surface area contributed by atoms with Gasteiger partial charge in [0.2, 0.25) is 0 Å². The van der Waals surface area contributed by atoms with Gasteiger partial charge in [-0.25, -0.2) is 4.79 Å². The van der Waals surface area contributed by atoms with Gasteiger partial charge in [-0.15, -0.1) is 0 Å². The van der Waals surface area contributed by atoms with Crippen molar-refractivity contribution in [3.8, 4) is 11.5 Å². The number of carbonyl (C=O) groups is 3. The van der Waals surface area contributed by atoms with Crippen molar-refractivity contribution in [3.63, 3.8) is 0 Å². The molecule has 0 N–H and O–H groups in total. The smallest absolute Gasteiger partial charge is 0.328 e. The number of methoxy groups -OCH3 is 2. The van der Waals surface area contributed by atoms with Crippen molar-refractivity contribution in [1.29, 1.82) is 0 Å². The summed E-state index contributed by atoms with van der Waals surface area (Å²) in [5, 5.41) is -0.507. The minimum Gasteiger partial charge on any atom is -0.493 e. The minimum atomic E-state index is -0.974. The van der Waals surface area contributed by atoms with Gasteiger partial charge in [-0.2, -0.15) is 0 Å². The molecule has 7 nitrogen and oxygen atoms in total. The number of hydrogen-bond acceptors (Lipinski definition) is 7. The van der Waals surface area contributed by atoms with Crippen molar-refractivity contribution in [3.05, 3.63) is 28.7 Å². The number of benzene rings is 1. The van der Waals surface area contributed by atoms with Crippen molar-refractivity contribution in [2.75, 3.05) is 20.8 Å². The van der Waals surface area contributed by atoms with Gasteiger partial charge < -0.3 is 14.2 Å². The average molecular weight is 365 g/mol. The van der Waals surface area contributed by atoms with Crippen molar-refractivity contribution in [2.45, 2.75) is 19.9 Å². The number of imide groups is 1. The number of carbonyl (C=O) groups excluding carboxylic acids is 3. The van der Waals surface area contributed by atoms with E-state index in [-0.39, 0.29) is 4.91 Å². The summed E-state index contributed by atoms with van der Waals surface area (Å²) in [6.45, 7) is 3.77. The summed E-state index contributed by atoms with van der Waals surface area (Å²) in [7, 11) is 2.75. The second-order valence-electron chi connectivity index (χ2n) is 5.09. The number of hydrogen-bond donors (Lipinski definition) is 0. The van der Waals surface area contributed by atoms with E-state index in [1.165, 1.54) is 21.1 Å². The highest BCUT2D eigenvalue weighted by Crippen LogP contribution is 2.35. The van der Waals surface area contributed by atoms with Crippen LogP contribution in [-0.2, 0) is 14.3 Å². The Hall–Kier alpha value is -2.48. The number of nitrogens with zero attached hydrogens (tertiary/aromatic N) is 1. The van der Waals surface area contributed by atoms with Crippen LogP contribution in [0.5, 0.6) is 11.5 Å². The molecular formula is C17H19NO6S. The maximum atomic E-state index is 12.5. The van der Waals surface area contributed by atoms with Crippen molar-refractivity contribution in [1.82, 2.24) is 4.90 Å². The normalized spacial score (nSPS) is 17.0. The lowest BCUT2D eigenvalue weighted by molar-refractivity contribution is -0.148. The van der Waals surface area contributed by atoms with Crippen LogP contribution in [0, 0.1) is 0 Å². The molecule has 0 bridgehead atoms. The lowest BCUT2D eigenvalue weighted by atomic mass is 10.1. The highest BCUT2D eigenvalue weighted by molar-refractivity contribution is 8.18. The summed E-state index contributed by atoms with van der Waals surface area (Å²) in [4.78, 5) is 37.3. The first kappa shape index (κ1) is 18.9. The SMILES string of the molecule is CCOc1cc(C=C2SC(=O)N(C(C)C(=O)OC)C2=O)ccc1OC. The number of rotatable bonds is 6. The Morgan fingerprint density at radius 1 is 1.28 bits per heavy atom. The standard InChI is InChI=1S/C17H19NO6S/c1-5-24-13-8-11(6-7-12(13)22-3)9-14-15(19)18(17(21)25-14)10(2)16(20)23-4/h6-10H,5H2,1-4H3. The highest BCUT2D eigenvalue weighted by atomic mass is 32.2. The molecular weight excluding hydrogens is 346 g/mol. The molecule has 1 saturated heterocycles.